The molecule has 0 saturated carbocycles. The van der Waals surface area contributed by atoms with Gasteiger partial charge in [0.25, 0.3) is 0 Å². The van der Waals surface area contributed by atoms with Gasteiger partial charge in [0.05, 0.1) is 17.7 Å². The van der Waals surface area contributed by atoms with E-state index in [1.54, 1.807) is 18.2 Å². The lowest BCUT2D eigenvalue weighted by molar-refractivity contribution is -0.166. The normalized spacial score (nSPS) is 14.6. The van der Waals surface area contributed by atoms with Crippen molar-refractivity contribution < 1.29 is 23.1 Å². The van der Waals surface area contributed by atoms with Gasteiger partial charge in [0, 0.05) is 12.2 Å². The third kappa shape index (κ3) is 9.78. The van der Waals surface area contributed by atoms with Gasteiger partial charge in [0.1, 0.15) is 16.8 Å². The van der Waals surface area contributed by atoms with Gasteiger partial charge in [0.15, 0.2) is 8.32 Å². The van der Waals surface area contributed by atoms with Gasteiger partial charge in [-0.15, -0.1) is 0 Å². The Balaban J connectivity index is 2.38. The van der Waals surface area contributed by atoms with E-state index in [0.29, 0.717) is 36.1 Å². The molecule has 0 aliphatic heterocycles. The highest BCUT2D eigenvalue weighted by atomic mass is 79.9. The second-order valence-electron chi connectivity index (χ2n) is 14.2. The van der Waals surface area contributed by atoms with E-state index in [4.69, 9.17) is 13.9 Å². The highest BCUT2D eigenvalue weighted by molar-refractivity contribution is 9.10. The quantitative estimate of drug-likeness (QED) is 0.162. The van der Waals surface area contributed by atoms with E-state index in [0.717, 1.165) is 12.0 Å². The summed E-state index contributed by atoms with van der Waals surface area (Å²) < 4.78 is 34.7. The number of ether oxygens (including phenoxy) is 2. The SMILES string of the molecule is CC(C)(CCCC(COCc1ccccc1)(C(=O)OC(C)(C)C)c1cccc(Br)c1F)CO[Si](C)(C)C(C)(C)C. The Bertz CT molecular complexity index is 1110. The van der Waals surface area contributed by atoms with Gasteiger partial charge in [-0.25, -0.2) is 4.39 Å². The van der Waals surface area contributed by atoms with Crippen molar-refractivity contribution in [2.75, 3.05) is 13.2 Å². The van der Waals surface area contributed by atoms with E-state index < -0.39 is 31.1 Å². The van der Waals surface area contributed by atoms with Gasteiger partial charge >= 0.3 is 5.97 Å². The van der Waals surface area contributed by atoms with Crippen molar-refractivity contribution in [3.8, 4) is 0 Å². The first-order chi connectivity index (χ1) is 18.3. The summed E-state index contributed by atoms with van der Waals surface area (Å²) in [5.74, 6) is -0.933. The molecule has 0 saturated heterocycles. The summed E-state index contributed by atoms with van der Waals surface area (Å²) in [7, 11) is -1.90. The molecule has 0 N–H and O–H groups in total. The van der Waals surface area contributed by atoms with Crippen LogP contribution in [0.4, 0.5) is 4.39 Å². The Kier molecular flexibility index (Phi) is 11.8. The zero-order valence-electron chi connectivity index (χ0n) is 26.3. The Hall–Kier alpha value is -1.54. The van der Waals surface area contributed by atoms with Crippen LogP contribution >= 0.6 is 15.9 Å². The maximum absolute atomic E-state index is 15.7. The van der Waals surface area contributed by atoms with Crippen molar-refractivity contribution in [2.45, 2.75) is 110 Å². The lowest BCUT2D eigenvalue weighted by atomic mass is 9.74. The molecule has 0 aliphatic carbocycles. The molecule has 0 bridgehead atoms. The summed E-state index contributed by atoms with van der Waals surface area (Å²) >= 11 is 3.33. The molecule has 4 nitrogen and oxygen atoms in total. The van der Waals surface area contributed by atoms with Crippen LogP contribution < -0.4 is 0 Å². The van der Waals surface area contributed by atoms with Gasteiger partial charge in [-0.2, -0.15) is 0 Å². The monoisotopic (exact) mass is 636 g/mol. The van der Waals surface area contributed by atoms with Crippen LogP contribution in [0.2, 0.25) is 18.1 Å². The molecule has 2 aromatic rings. The molecule has 2 aromatic carbocycles. The molecule has 2 rings (SSSR count). The second kappa shape index (κ2) is 13.6. The average molecular weight is 638 g/mol. The van der Waals surface area contributed by atoms with Crippen LogP contribution in [0.15, 0.2) is 53.0 Å². The molecule has 0 spiro atoms. The fourth-order valence-electron chi connectivity index (χ4n) is 4.26. The molecule has 0 aromatic heterocycles. The van der Waals surface area contributed by atoms with Gasteiger partial charge < -0.3 is 13.9 Å². The standard InChI is InChI=1S/C33H50BrFO4Si/c1-30(2,3)39-29(36)33(26-18-14-19-27(34)28(26)35,24-37-22-25-16-12-11-13-17-25)21-15-20-32(7,8)23-38-40(9,10)31(4,5)6/h11-14,16-19H,15,20-24H2,1-10H3. The van der Waals surface area contributed by atoms with Crippen LogP contribution in [0.25, 0.3) is 0 Å². The fourth-order valence-corrected chi connectivity index (χ4v) is 5.81. The summed E-state index contributed by atoms with van der Waals surface area (Å²) in [6, 6.07) is 14.9. The minimum absolute atomic E-state index is 0.00504. The number of hydrogen-bond donors (Lipinski definition) is 0. The molecule has 1 unspecified atom stereocenters. The topological polar surface area (TPSA) is 44.8 Å². The lowest BCUT2D eigenvalue weighted by Crippen LogP contribution is -2.46. The molecule has 0 fully saturated rings. The summed E-state index contributed by atoms with van der Waals surface area (Å²) in [5, 5.41) is 0.128. The molecule has 224 valence electrons. The first-order valence-electron chi connectivity index (χ1n) is 14.2. The average Bonchev–Trinajstić information content (AvgIpc) is 2.82. The van der Waals surface area contributed by atoms with E-state index in [1.165, 1.54) is 0 Å². The van der Waals surface area contributed by atoms with Crippen LogP contribution in [0.3, 0.4) is 0 Å². The highest BCUT2D eigenvalue weighted by Crippen LogP contribution is 2.41. The second-order valence-corrected chi connectivity index (χ2v) is 19.9. The Morgan fingerprint density at radius 2 is 1.50 bits per heavy atom. The number of carbonyl (C=O) groups excluding carboxylic acids is 1. The molecule has 0 heterocycles. The van der Waals surface area contributed by atoms with Crippen LogP contribution in [-0.4, -0.2) is 33.1 Å². The van der Waals surface area contributed by atoms with Gasteiger partial charge in [-0.3, -0.25) is 4.79 Å². The number of carbonyl (C=O) groups is 1. The molecule has 0 amide bonds. The van der Waals surface area contributed by atoms with Crippen molar-refractivity contribution >= 4 is 30.2 Å². The van der Waals surface area contributed by atoms with E-state index in [-0.39, 0.29) is 17.1 Å². The van der Waals surface area contributed by atoms with Crippen molar-refractivity contribution in [1.29, 1.82) is 0 Å². The highest BCUT2D eigenvalue weighted by Gasteiger charge is 2.46. The van der Waals surface area contributed by atoms with E-state index in [2.05, 4.69) is 63.6 Å². The summed E-state index contributed by atoms with van der Waals surface area (Å²) in [5.41, 5.74) is -0.887. The first kappa shape index (κ1) is 34.7. The third-order valence-corrected chi connectivity index (χ3v) is 12.9. The lowest BCUT2D eigenvalue weighted by Gasteiger charge is -2.39. The first-order valence-corrected chi connectivity index (χ1v) is 17.9. The Labute approximate surface area is 251 Å². The number of esters is 1. The van der Waals surface area contributed by atoms with Crippen LogP contribution in [-0.2, 0) is 30.7 Å². The van der Waals surface area contributed by atoms with Gasteiger partial charge in [0.2, 0.25) is 0 Å². The van der Waals surface area contributed by atoms with Crippen molar-refractivity contribution in [1.82, 2.24) is 0 Å². The Morgan fingerprint density at radius 3 is 2.08 bits per heavy atom. The number of rotatable bonds is 13. The zero-order valence-corrected chi connectivity index (χ0v) is 28.8. The van der Waals surface area contributed by atoms with Crippen LogP contribution in [0, 0.1) is 11.2 Å². The van der Waals surface area contributed by atoms with Crippen LogP contribution in [0.5, 0.6) is 0 Å². The minimum Gasteiger partial charge on any atom is -0.459 e. The summed E-state index contributed by atoms with van der Waals surface area (Å²) in [6.07, 6.45) is 1.86. The fraction of sp³-hybridized carbons (Fsp3) is 0.606. The molecule has 40 heavy (non-hydrogen) atoms. The van der Waals surface area contributed by atoms with Crippen molar-refractivity contribution in [3.63, 3.8) is 0 Å². The third-order valence-electron chi connectivity index (χ3n) is 7.80. The maximum atomic E-state index is 15.7. The van der Waals surface area contributed by atoms with E-state index in [1.807, 2.05) is 51.1 Å². The van der Waals surface area contributed by atoms with E-state index >= 15 is 4.39 Å². The summed E-state index contributed by atoms with van der Waals surface area (Å²) in [4.78, 5) is 14.0. The molecule has 7 heteroatoms. The van der Waals surface area contributed by atoms with Crippen molar-refractivity contribution in [2.24, 2.45) is 5.41 Å². The Morgan fingerprint density at radius 1 is 0.875 bits per heavy atom. The molecular formula is C33H50BrFO4Si. The maximum Gasteiger partial charge on any atom is 0.319 e. The van der Waals surface area contributed by atoms with E-state index in [9.17, 15) is 4.79 Å². The van der Waals surface area contributed by atoms with Gasteiger partial charge in [-0.05, 0) is 84.7 Å². The zero-order chi connectivity index (χ0) is 30.4. The minimum atomic E-state index is -1.90. The summed E-state index contributed by atoms with van der Waals surface area (Å²) in [6.45, 7) is 22.1. The van der Waals surface area contributed by atoms with Gasteiger partial charge in [-0.1, -0.05) is 83.5 Å². The number of benzene rings is 2. The molecule has 0 aliphatic rings. The predicted octanol–water partition coefficient (Wildman–Crippen LogP) is 9.60. The smallest absolute Gasteiger partial charge is 0.319 e. The molecule has 0 radical (unpaired) electrons. The van der Waals surface area contributed by atoms with Crippen molar-refractivity contribution in [3.05, 3.63) is 69.9 Å². The number of hydrogen-bond acceptors (Lipinski definition) is 4. The largest absolute Gasteiger partial charge is 0.459 e. The molecule has 1 atom stereocenters. The number of halogens is 2. The van der Waals surface area contributed by atoms with Crippen LogP contribution in [0.1, 0.15) is 85.8 Å². The predicted molar refractivity (Wildman–Crippen MR) is 169 cm³/mol. The molecular weight excluding hydrogens is 587 g/mol.